The zero-order valence-corrected chi connectivity index (χ0v) is 12.9. The topological polar surface area (TPSA) is 62.2 Å². The van der Waals surface area contributed by atoms with Crippen molar-refractivity contribution >= 4 is 17.7 Å². The molecule has 1 aromatic heterocycles. The maximum Gasteiger partial charge on any atom is 0.230 e. The van der Waals surface area contributed by atoms with Gasteiger partial charge in [0.1, 0.15) is 5.82 Å². The van der Waals surface area contributed by atoms with Gasteiger partial charge in [-0.2, -0.15) is 0 Å². The van der Waals surface area contributed by atoms with Gasteiger partial charge in [0.25, 0.3) is 0 Å². The number of hydrogen-bond donors (Lipinski definition) is 2. The standard InChI is InChI=1S/C16H17FN2O2S/c1-11(16(21)12-2-4-13(17)5-3-12)19-15(20)10-22-14-6-8-18-9-7-14/h2-9,11,16,21H,10H2,1H3,(H,19,20)/t11-,16+/m0/s1. The van der Waals surface area contributed by atoms with Crippen molar-refractivity contribution in [3.05, 3.63) is 60.2 Å². The number of thioether (sulfide) groups is 1. The van der Waals surface area contributed by atoms with Crippen LogP contribution in [0.1, 0.15) is 18.6 Å². The molecule has 22 heavy (non-hydrogen) atoms. The molecule has 1 amide bonds. The van der Waals surface area contributed by atoms with Crippen LogP contribution in [-0.2, 0) is 4.79 Å². The number of hydrogen-bond acceptors (Lipinski definition) is 4. The molecule has 0 bridgehead atoms. The molecular formula is C16H17FN2O2S. The molecule has 0 fully saturated rings. The van der Waals surface area contributed by atoms with Gasteiger partial charge in [-0.15, -0.1) is 11.8 Å². The van der Waals surface area contributed by atoms with Crippen molar-refractivity contribution in [1.82, 2.24) is 10.3 Å². The average Bonchev–Trinajstić information content (AvgIpc) is 2.54. The summed E-state index contributed by atoms with van der Waals surface area (Å²) >= 11 is 1.40. The smallest absolute Gasteiger partial charge is 0.230 e. The van der Waals surface area contributed by atoms with Gasteiger partial charge in [0, 0.05) is 17.3 Å². The highest BCUT2D eigenvalue weighted by Crippen LogP contribution is 2.18. The quantitative estimate of drug-likeness (QED) is 0.803. The molecule has 0 radical (unpaired) electrons. The fourth-order valence-corrected chi connectivity index (χ4v) is 2.60. The predicted molar refractivity (Wildman–Crippen MR) is 83.9 cm³/mol. The van der Waals surface area contributed by atoms with E-state index in [0.29, 0.717) is 5.56 Å². The lowest BCUT2D eigenvalue weighted by Crippen LogP contribution is -2.38. The molecule has 2 N–H and O–H groups in total. The Balaban J connectivity index is 1.84. The van der Waals surface area contributed by atoms with Crippen molar-refractivity contribution in [3.63, 3.8) is 0 Å². The number of nitrogens with zero attached hydrogens (tertiary/aromatic N) is 1. The summed E-state index contributed by atoms with van der Waals surface area (Å²) in [5.41, 5.74) is 0.566. The molecule has 1 aromatic carbocycles. The SMILES string of the molecule is C[C@H](NC(=O)CSc1ccncc1)[C@@H](O)c1ccc(F)cc1. The molecule has 0 saturated carbocycles. The zero-order valence-electron chi connectivity index (χ0n) is 12.1. The van der Waals surface area contributed by atoms with Gasteiger partial charge >= 0.3 is 0 Å². The minimum absolute atomic E-state index is 0.171. The van der Waals surface area contributed by atoms with Crippen molar-refractivity contribution in [2.75, 3.05) is 5.75 Å². The Hall–Kier alpha value is -1.92. The van der Waals surface area contributed by atoms with Gasteiger partial charge in [-0.25, -0.2) is 4.39 Å². The van der Waals surface area contributed by atoms with E-state index in [9.17, 15) is 14.3 Å². The Bertz CT molecular complexity index is 607. The fraction of sp³-hybridized carbons (Fsp3) is 0.250. The first-order valence-electron chi connectivity index (χ1n) is 6.82. The highest BCUT2D eigenvalue weighted by molar-refractivity contribution is 8.00. The molecule has 1 heterocycles. The predicted octanol–water partition coefficient (Wildman–Crippen LogP) is 2.55. The third kappa shape index (κ3) is 4.82. The summed E-state index contributed by atoms with van der Waals surface area (Å²) in [4.78, 5) is 16.8. The minimum atomic E-state index is -0.879. The summed E-state index contributed by atoms with van der Waals surface area (Å²) in [7, 11) is 0. The van der Waals surface area contributed by atoms with E-state index >= 15 is 0 Å². The molecule has 0 unspecified atom stereocenters. The average molecular weight is 320 g/mol. The van der Waals surface area contributed by atoms with Crippen molar-refractivity contribution in [3.8, 4) is 0 Å². The number of aliphatic hydroxyl groups is 1. The maximum absolute atomic E-state index is 12.9. The maximum atomic E-state index is 12.9. The lowest BCUT2D eigenvalue weighted by atomic mass is 10.0. The Labute approximate surface area is 132 Å². The van der Waals surface area contributed by atoms with Gasteiger partial charge in [0.2, 0.25) is 5.91 Å². The van der Waals surface area contributed by atoms with Crippen molar-refractivity contribution in [2.24, 2.45) is 0 Å². The number of halogens is 1. The molecular weight excluding hydrogens is 303 g/mol. The molecule has 6 heteroatoms. The molecule has 0 spiro atoms. The highest BCUT2D eigenvalue weighted by atomic mass is 32.2. The lowest BCUT2D eigenvalue weighted by molar-refractivity contribution is -0.119. The summed E-state index contributed by atoms with van der Waals surface area (Å²) in [6.07, 6.45) is 2.46. The number of aromatic nitrogens is 1. The summed E-state index contributed by atoms with van der Waals surface area (Å²) in [5.74, 6) is -0.276. The van der Waals surface area contributed by atoms with Gasteiger partial charge < -0.3 is 10.4 Å². The number of amides is 1. The van der Waals surface area contributed by atoms with Crippen LogP contribution >= 0.6 is 11.8 Å². The number of nitrogens with one attached hydrogen (secondary N) is 1. The minimum Gasteiger partial charge on any atom is -0.386 e. The Morgan fingerprint density at radius 3 is 2.55 bits per heavy atom. The van der Waals surface area contributed by atoms with Gasteiger partial charge in [0.15, 0.2) is 0 Å². The third-order valence-electron chi connectivity index (χ3n) is 3.09. The summed E-state index contributed by atoms with van der Waals surface area (Å²) in [6.45, 7) is 1.71. The lowest BCUT2D eigenvalue weighted by Gasteiger charge is -2.20. The van der Waals surface area contributed by atoms with Gasteiger partial charge in [0.05, 0.1) is 17.9 Å². The van der Waals surface area contributed by atoms with E-state index in [2.05, 4.69) is 10.3 Å². The van der Waals surface area contributed by atoms with E-state index in [1.807, 2.05) is 12.1 Å². The largest absolute Gasteiger partial charge is 0.386 e. The Kier molecular flexibility index (Phi) is 5.91. The first-order chi connectivity index (χ1) is 10.6. The van der Waals surface area contributed by atoms with E-state index < -0.39 is 12.1 Å². The van der Waals surface area contributed by atoms with Crippen LogP contribution in [0.3, 0.4) is 0 Å². The van der Waals surface area contributed by atoms with Gasteiger partial charge in [-0.1, -0.05) is 12.1 Å². The van der Waals surface area contributed by atoms with E-state index in [-0.39, 0.29) is 17.5 Å². The zero-order chi connectivity index (χ0) is 15.9. The second-order valence-electron chi connectivity index (χ2n) is 4.82. The Morgan fingerprint density at radius 1 is 1.27 bits per heavy atom. The van der Waals surface area contributed by atoms with E-state index in [1.165, 1.54) is 36.0 Å². The van der Waals surface area contributed by atoms with E-state index in [1.54, 1.807) is 19.3 Å². The molecule has 2 aromatic rings. The van der Waals surface area contributed by atoms with Crippen LogP contribution in [0.2, 0.25) is 0 Å². The van der Waals surface area contributed by atoms with Crippen LogP contribution in [0.25, 0.3) is 0 Å². The second kappa shape index (κ2) is 7.91. The number of aliphatic hydroxyl groups excluding tert-OH is 1. The molecule has 0 aliphatic heterocycles. The van der Waals surface area contributed by atoms with Crippen LogP contribution < -0.4 is 5.32 Å². The second-order valence-corrected chi connectivity index (χ2v) is 5.87. The molecule has 0 aliphatic carbocycles. The fourth-order valence-electron chi connectivity index (χ4n) is 1.91. The highest BCUT2D eigenvalue weighted by Gasteiger charge is 2.18. The van der Waals surface area contributed by atoms with Crippen molar-refractivity contribution < 1.29 is 14.3 Å². The summed E-state index contributed by atoms with van der Waals surface area (Å²) < 4.78 is 12.9. The number of carbonyl (C=O) groups excluding carboxylic acids is 1. The van der Waals surface area contributed by atoms with Crippen LogP contribution in [-0.4, -0.2) is 27.8 Å². The van der Waals surface area contributed by atoms with Crippen LogP contribution in [0.5, 0.6) is 0 Å². The number of rotatable bonds is 6. The first-order valence-corrected chi connectivity index (χ1v) is 7.80. The van der Waals surface area contributed by atoms with Gasteiger partial charge in [-0.05, 0) is 36.8 Å². The van der Waals surface area contributed by atoms with Gasteiger partial charge in [-0.3, -0.25) is 9.78 Å². The summed E-state index contributed by atoms with van der Waals surface area (Å²) in [6, 6.07) is 8.78. The first kappa shape index (κ1) is 16.5. The number of carbonyl (C=O) groups is 1. The monoisotopic (exact) mass is 320 g/mol. The van der Waals surface area contributed by atoms with Crippen LogP contribution in [0.4, 0.5) is 4.39 Å². The van der Waals surface area contributed by atoms with E-state index in [4.69, 9.17) is 0 Å². The van der Waals surface area contributed by atoms with Crippen LogP contribution in [0.15, 0.2) is 53.7 Å². The molecule has 2 rings (SSSR count). The molecule has 2 atom stereocenters. The molecule has 0 aliphatic rings. The van der Waals surface area contributed by atoms with Crippen LogP contribution in [0, 0.1) is 5.82 Å². The van der Waals surface area contributed by atoms with Crippen molar-refractivity contribution in [1.29, 1.82) is 0 Å². The number of benzene rings is 1. The molecule has 116 valence electrons. The van der Waals surface area contributed by atoms with Crippen molar-refractivity contribution in [2.45, 2.75) is 24.0 Å². The van der Waals surface area contributed by atoms with E-state index in [0.717, 1.165) is 4.90 Å². The number of pyridine rings is 1. The molecule has 0 saturated heterocycles. The molecule has 4 nitrogen and oxygen atoms in total. The Morgan fingerprint density at radius 2 is 1.91 bits per heavy atom. The normalized spacial score (nSPS) is 13.4. The third-order valence-corrected chi connectivity index (χ3v) is 4.11. The summed E-state index contributed by atoms with van der Waals surface area (Å²) in [5, 5.41) is 12.9.